The molecule has 1 aromatic rings. The molecule has 0 saturated carbocycles. The number of nitrogens with zero attached hydrogens (tertiary/aromatic N) is 2. The SMILES string of the molecule is CC(=NN=C(N)N)c1cccc(C(C)(C)C)c1. The Morgan fingerprint density at radius 2 is 1.76 bits per heavy atom. The van der Waals surface area contributed by atoms with E-state index in [0.29, 0.717) is 0 Å². The molecule has 0 saturated heterocycles. The lowest BCUT2D eigenvalue weighted by molar-refractivity contribution is 0.590. The molecule has 0 spiro atoms. The number of hydrogen-bond donors (Lipinski definition) is 2. The van der Waals surface area contributed by atoms with Crippen molar-refractivity contribution in [3.05, 3.63) is 35.4 Å². The number of hydrogen-bond acceptors (Lipinski definition) is 2. The smallest absolute Gasteiger partial charge is 0.211 e. The molecular formula is C13H20N4. The molecule has 92 valence electrons. The second kappa shape index (κ2) is 4.99. The lowest BCUT2D eigenvalue weighted by Gasteiger charge is -2.19. The Labute approximate surface area is 102 Å². The highest BCUT2D eigenvalue weighted by Gasteiger charge is 2.13. The van der Waals surface area contributed by atoms with Gasteiger partial charge in [-0.1, -0.05) is 39.0 Å². The predicted octanol–water partition coefficient (Wildman–Crippen LogP) is 1.98. The van der Waals surface area contributed by atoms with Crippen molar-refractivity contribution in [2.45, 2.75) is 33.1 Å². The summed E-state index contributed by atoms with van der Waals surface area (Å²) in [6.45, 7) is 8.41. The van der Waals surface area contributed by atoms with Crippen molar-refractivity contribution in [3.63, 3.8) is 0 Å². The lowest BCUT2D eigenvalue weighted by atomic mass is 9.86. The molecule has 1 aromatic carbocycles. The molecule has 0 unspecified atom stereocenters. The van der Waals surface area contributed by atoms with Crippen LogP contribution >= 0.6 is 0 Å². The van der Waals surface area contributed by atoms with Crippen LogP contribution in [0, 0.1) is 0 Å². The van der Waals surface area contributed by atoms with Gasteiger partial charge in [-0.2, -0.15) is 5.10 Å². The van der Waals surface area contributed by atoms with Crippen LogP contribution in [0.4, 0.5) is 0 Å². The Kier molecular flexibility index (Phi) is 3.89. The number of rotatable bonds is 2. The summed E-state index contributed by atoms with van der Waals surface area (Å²) in [6, 6.07) is 8.24. The number of benzene rings is 1. The van der Waals surface area contributed by atoms with Gasteiger partial charge in [0.15, 0.2) is 0 Å². The molecule has 0 amide bonds. The quantitative estimate of drug-likeness (QED) is 0.464. The number of nitrogens with two attached hydrogens (primary N) is 2. The molecule has 4 N–H and O–H groups in total. The Hall–Kier alpha value is -1.84. The van der Waals surface area contributed by atoms with E-state index in [1.54, 1.807) is 0 Å². The van der Waals surface area contributed by atoms with Gasteiger partial charge < -0.3 is 11.5 Å². The van der Waals surface area contributed by atoms with Crippen LogP contribution in [-0.4, -0.2) is 11.7 Å². The average Bonchev–Trinajstić information content (AvgIpc) is 2.25. The van der Waals surface area contributed by atoms with Gasteiger partial charge in [0.05, 0.1) is 5.71 Å². The van der Waals surface area contributed by atoms with Crippen LogP contribution in [0.15, 0.2) is 34.5 Å². The minimum Gasteiger partial charge on any atom is -0.369 e. The summed E-state index contributed by atoms with van der Waals surface area (Å²) in [4.78, 5) is 0. The molecule has 0 bridgehead atoms. The molecular weight excluding hydrogens is 212 g/mol. The third kappa shape index (κ3) is 3.90. The second-order valence-corrected chi connectivity index (χ2v) is 5.04. The van der Waals surface area contributed by atoms with Gasteiger partial charge in [-0.05, 0) is 29.5 Å². The first-order valence-electron chi connectivity index (χ1n) is 5.55. The minimum absolute atomic E-state index is 0.0312. The highest BCUT2D eigenvalue weighted by atomic mass is 15.3. The predicted molar refractivity (Wildman–Crippen MR) is 73.2 cm³/mol. The van der Waals surface area contributed by atoms with Crippen LogP contribution in [0.1, 0.15) is 38.8 Å². The van der Waals surface area contributed by atoms with E-state index in [4.69, 9.17) is 11.5 Å². The molecule has 0 atom stereocenters. The van der Waals surface area contributed by atoms with Gasteiger partial charge in [-0.3, -0.25) is 0 Å². The van der Waals surface area contributed by atoms with Crippen molar-refractivity contribution >= 4 is 11.7 Å². The molecule has 1 rings (SSSR count). The molecule has 0 fully saturated rings. The molecule has 0 aromatic heterocycles. The maximum Gasteiger partial charge on any atom is 0.211 e. The Morgan fingerprint density at radius 3 is 2.29 bits per heavy atom. The molecule has 17 heavy (non-hydrogen) atoms. The maximum atomic E-state index is 5.24. The number of guanidine groups is 1. The second-order valence-electron chi connectivity index (χ2n) is 5.04. The zero-order valence-corrected chi connectivity index (χ0v) is 10.9. The first-order chi connectivity index (χ1) is 7.80. The van der Waals surface area contributed by atoms with Crippen molar-refractivity contribution in [2.75, 3.05) is 0 Å². The van der Waals surface area contributed by atoms with E-state index in [9.17, 15) is 0 Å². The fourth-order valence-electron chi connectivity index (χ4n) is 1.40. The third-order valence-corrected chi connectivity index (χ3v) is 2.46. The van der Waals surface area contributed by atoms with Crippen LogP contribution in [-0.2, 0) is 5.41 Å². The van der Waals surface area contributed by atoms with Crippen molar-refractivity contribution in [2.24, 2.45) is 21.7 Å². The average molecular weight is 232 g/mol. The van der Waals surface area contributed by atoms with Crippen molar-refractivity contribution in [3.8, 4) is 0 Å². The summed E-state index contributed by atoms with van der Waals surface area (Å²) in [5.41, 5.74) is 13.7. The fraction of sp³-hybridized carbons (Fsp3) is 0.385. The monoisotopic (exact) mass is 232 g/mol. The summed E-state index contributed by atoms with van der Waals surface area (Å²) in [6.07, 6.45) is 0. The van der Waals surface area contributed by atoms with E-state index in [1.165, 1.54) is 5.56 Å². The van der Waals surface area contributed by atoms with Gasteiger partial charge >= 0.3 is 0 Å². The van der Waals surface area contributed by atoms with Crippen LogP contribution < -0.4 is 11.5 Å². The standard InChI is InChI=1S/C13H20N4/c1-9(16-17-12(14)15)10-6-5-7-11(8-10)13(2,3)4/h5-8H,1-4H3,(H4,14,15,17). The lowest BCUT2D eigenvalue weighted by Crippen LogP contribution is -2.22. The van der Waals surface area contributed by atoms with E-state index < -0.39 is 0 Å². The van der Waals surface area contributed by atoms with Gasteiger partial charge in [0.25, 0.3) is 0 Å². The van der Waals surface area contributed by atoms with E-state index in [1.807, 2.05) is 19.1 Å². The van der Waals surface area contributed by atoms with Gasteiger partial charge in [0.1, 0.15) is 0 Å². The Morgan fingerprint density at radius 1 is 1.12 bits per heavy atom. The summed E-state index contributed by atoms with van der Waals surface area (Å²) >= 11 is 0. The van der Waals surface area contributed by atoms with Crippen LogP contribution in [0.25, 0.3) is 0 Å². The zero-order valence-electron chi connectivity index (χ0n) is 10.9. The molecule has 4 nitrogen and oxygen atoms in total. The summed E-state index contributed by atoms with van der Waals surface area (Å²) in [5, 5.41) is 7.62. The highest BCUT2D eigenvalue weighted by Crippen LogP contribution is 2.22. The van der Waals surface area contributed by atoms with Gasteiger partial charge in [-0.15, -0.1) is 5.10 Å². The largest absolute Gasteiger partial charge is 0.369 e. The topological polar surface area (TPSA) is 76.8 Å². The summed E-state index contributed by atoms with van der Waals surface area (Å²) < 4.78 is 0. The van der Waals surface area contributed by atoms with Crippen molar-refractivity contribution in [1.29, 1.82) is 0 Å². The molecule has 4 heteroatoms. The van der Waals surface area contributed by atoms with Crippen molar-refractivity contribution < 1.29 is 0 Å². The van der Waals surface area contributed by atoms with E-state index >= 15 is 0 Å². The summed E-state index contributed by atoms with van der Waals surface area (Å²) in [7, 11) is 0. The molecule has 0 aliphatic carbocycles. The molecule has 0 aliphatic rings. The van der Waals surface area contributed by atoms with Gasteiger partial charge in [0.2, 0.25) is 5.96 Å². The maximum absolute atomic E-state index is 5.24. The Balaban J connectivity index is 3.08. The normalized spacial score (nSPS) is 12.4. The Bertz CT molecular complexity index is 449. The minimum atomic E-state index is -0.0312. The van der Waals surface area contributed by atoms with Crippen LogP contribution in [0.2, 0.25) is 0 Å². The zero-order chi connectivity index (χ0) is 13.1. The summed E-state index contributed by atoms with van der Waals surface area (Å²) in [5.74, 6) is -0.0312. The van der Waals surface area contributed by atoms with Gasteiger partial charge in [0, 0.05) is 0 Å². The first kappa shape index (κ1) is 13.2. The van der Waals surface area contributed by atoms with Crippen LogP contribution in [0.5, 0.6) is 0 Å². The third-order valence-electron chi connectivity index (χ3n) is 2.46. The molecule has 0 radical (unpaired) electrons. The van der Waals surface area contributed by atoms with Crippen LogP contribution in [0.3, 0.4) is 0 Å². The van der Waals surface area contributed by atoms with E-state index in [0.717, 1.165) is 11.3 Å². The fourth-order valence-corrected chi connectivity index (χ4v) is 1.40. The molecule has 0 aliphatic heterocycles. The van der Waals surface area contributed by atoms with E-state index in [-0.39, 0.29) is 11.4 Å². The van der Waals surface area contributed by atoms with Crippen molar-refractivity contribution in [1.82, 2.24) is 0 Å². The highest BCUT2D eigenvalue weighted by molar-refractivity contribution is 5.99. The molecule has 0 heterocycles. The van der Waals surface area contributed by atoms with E-state index in [2.05, 4.69) is 43.1 Å². The first-order valence-corrected chi connectivity index (χ1v) is 5.55. The van der Waals surface area contributed by atoms with Gasteiger partial charge in [-0.25, -0.2) is 0 Å².